The Morgan fingerprint density at radius 2 is 1.60 bits per heavy atom. The number of carbonyl (C=O) groups excluding carboxylic acids is 2. The van der Waals surface area contributed by atoms with E-state index < -0.39 is 79.6 Å². The minimum absolute atomic E-state index is 0.0950. The van der Waals surface area contributed by atoms with Crippen molar-refractivity contribution in [2.75, 3.05) is 39.1 Å². The molecular weight excluding hydrogens is 572 g/mol. The Bertz CT molecular complexity index is 1050. The normalized spacial score (nSPS) is 32.7. The summed E-state index contributed by atoms with van der Waals surface area (Å²) in [7, 11) is 1.52. The molecule has 0 aliphatic carbocycles. The number of hydrogen-bond acceptors (Lipinski definition) is 14. The lowest BCUT2D eigenvalue weighted by molar-refractivity contribution is -0.303. The van der Waals surface area contributed by atoms with Crippen LogP contribution in [0.2, 0.25) is 0 Å². The molecule has 16 heteroatoms. The first-order valence-corrected chi connectivity index (χ1v) is 14.3. The van der Waals surface area contributed by atoms with Crippen molar-refractivity contribution >= 4 is 17.5 Å². The number of amides is 2. The molecule has 2 fully saturated rings. The molecule has 4 unspecified atom stereocenters. The number of ether oxygens (including phenoxy) is 3. The van der Waals surface area contributed by atoms with E-state index in [0.717, 1.165) is 6.42 Å². The van der Waals surface area contributed by atoms with Crippen LogP contribution >= 0.6 is 0 Å². The summed E-state index contributed by atoms with van der Waals surface area (Å²) in [6.45, 7) is -0.267. The number of unbranched alkanes of at least 4 members (excludes halogenated alkanes) is 3. The predicted molar refractivity (Wildman–Crippen MR) is 149 cm³/mol. The molecule has 1 aromatic rings. The van der Waals surface area contributed by atoms with Gasteiger partial charge < -0.3 is 71.6 Å². The van der Waals surface area contributed by atoms with Crippen LogP contribution in [0.1, 0.15) is 36.0 Å². The number of rotatable bonds is 14. The minimum Gasteiger partial charge on any atom is -0.507 e. The lowest BCUT2D eigenvalue weighted by Crippen LogP contribution is -2.63. The number of aliphatic hydroxyl groups excluding tert-OH is 6. The van der Waals surface area contributed by atoms with Crippen LogP contribution in [-0.2, 0) is 19.0 Å². The first kappa shape index (κ1) is 34.8. The maximum atomic E-state index is 12.7. The van der Waals surface area contributed by atoms with Crippen molar-refractivity contribution in [3.05, 3.63) is 23.8 Å². The second-order valence-electron chi connectivity index (χ2n) is 10.7. The van der Waals surface area contributed by atoms with Crippen molar-refractivity contribution in [3.8, 4) is 5.75 Å². The van der Waals surface area contributed by atoms with Gasteiger partial charge in [0.25, 0.3) is 11.8 Å². The van der Waals surface area contributed by atoms with Crippen molar-refractivity contribution in [3.63, 3.8) is 0 Å². The van der Waals surface area contributed by atoms with Gasteiger partial charge >= 0.3 is 0 Å². The molecule has 43 heavy (non-hydrogen) atoms. The van der Waals surface area contributed by atoms with E-state index in [4.69, 9.17) is 19.9 Å². The number of benzene rings is 1. The van der Waals surface area contributed by atoms with Crippen LogP contribution in [0.15, 0.2) is 18.2 Å². The van der Waals surface area contributed by atoms with Crippen LogP contribution in [0.25, 0.3) is 0 Å². The van der Waals surface area contributed by atoms with E-state index in [-0.39, 0.29) is 24.5 Å². The predicted octanol–water partition coefficient (Wildman–Crippen LogP) is -3.52. The summed E-state index contributed by atoms with van der Waals surface area (Å²) in [5.41, 5.74) is 6.11. The van der Waals surface area contributed by atoms with Gasteiger partial charge in [-0.2, -0.15) is 0 Å². The van der Waals surface area contributed by atoms with Gasteiger partial charge in [-0.3, -0.25) is 9.59 Å². The third kappa shape index (κ3) is 8.95. The molecule has 10 atom stereocenters. The molecule has 0 spiro atoms. The standard InChI is InChI=1S/C27H44N4O12/c1-29-18-15(19(34)17(11-32)42-26(18)40)12-41-27-22(37)20(35)21(36)23(43-27)25(39)31-9-5-3-2-4-8-30-24(38)14-10-13(28)6-7-16(14)33/h6-7,10,15,17-23,26-27,29,32-37,40H,2-5,8-9,11-12,28H2,1H3,(H,30,38)(H,31,39)/t15-,17?,18?,19+,20+,21-,22?,23?,26+,27+/m0/s1. The second kappa shape index (κ2) is 16.4. The Kier molecular flexibility index (Phi) is 13.3. The van der Waals surface area contributed by atoms with E-state index in [1.807, 2.05) is 0 Å². The zero-order valence-corrected chi connectivity index (χ0v) is 23.9. The van der Waals surface area contributed by atoms with Crippen LogP contribution in [0.3, 0.4) is 0 Å². The van der Waals surface area contributed by atoms with Crippen molar-refractivity contribution in [1.29, 1.82) is 0 Å². The third-order valence-corrected chi connectivity index (χ3v) is 7.65. The number of carbonyl (C=O) groups is 2. The number of likely N-dealkylation sites (N-methyl/N-ethyl adjacent to an activating group) is 1. The van der Waals surface area contributed by atoms with E-state index in [9.17, 15) is 45.3 Å². The van der Waals surface area contributed by atoms with Crippen molar-refractivity contribution < 1.29 is 59.5 Å². The largest absolute Gasteiger partial charge is 0.507 e. The van der Waals surface area contributed by atoms with E-state index >= 15 is 0 Å². The van der Waals surface area contributed by atoms with E-state index in [1.165, 1.54) is 25.2 Å². The summed E-state index contributed by atoms with van der Waals surface area (Å²) in [5, 5.41) is 79.2. The number of anilines is 1. The zero-order valence-electron chi connectivity index (χ0n) is 23.9. The fourth-order valence-corrected chi connectivity index (χ4v) is 5.11. The van der Waals surface area contributed by atoms with Gasteiger partial charge in [0, 0.05) is 24.7 Å². The SMILES string of the molecule is CNC1[C@H](O)OC(CO)[C@H](O)[C@H]1CO[C@@H]1OC(C(=O)NCCCCCCNC(=O)c2cc(N)ccc2O)[C@@H](O)[C@@H](O)C1O. The summed E-state index contributed by atoms with van der Waals surface area (Å²) in [4.78, 5) is 24.9. The van der Waals surface area contributed by atoms with E-state index in [2.05, 4.69) is 16.0 Å². The quantitative estimate of drug-likeness (QED) is 0.0550. The van der Waals surface area contributed by atoms with Gasteiger partial charge in [-0.25, -0.2) is 0 Å². The fourth-order valence-electron chi connectivity index (χ4n) is 5.11. The van der Waals surface area contributed by atoms with Crippen LogP contribution in [0.5, 0.6) is 5.75 Å². The molecule has 2 amide bonds. The maximum Gasteiger partial charge on any atom is 0.255 e. The molecule has 2 heterocycles. The zero-order chi connectivity index (χ0) is 31.7. The van der Waals surface area contributed by atoms with Crippen LogP contribution < -0.4 is 21.7 Å². The van der Waals surface area contributed by atoms with E-state index in [0.29, 0.717) is 31.5 Å². The van der Waals surface area contributed by atoms with Crippen molar-refractivity contribution in [1.82, 2.24) is 16.0 Å². The first-order valence-electron chi connectivity index (χ1n) is 14.3. The number of nitrogens with one attached hydrogen (secondary N) is 3. The summed E-state index contributed by atoms with van der Waals surface area (Å²) < 4.78 is 16.3. The fraction of sp³-hybridized carbons (Fsp3) is 0.704. The third-order valence-electron chi connectivity index (χ3n) is 7.65. The molecule has 0 saturated carbocycles. The van der Waals surface area contributed by atoms with Crippen LogP contribution in [-0.4, -0.2) is 136 Å². The van der Waals surface area contributed by atoms with Crippen LogP contribution in [0.4, 0.5) is 5.69 Å². The lowest BCUT2D eigenvalue weighted by atomic mass is 9.88. The number of hydrogen-bond donors (Lipinski definition) is 11. The molecule has 2 aliphatic rings. The molecule has 12 N–H and O–H groups in total. The maximum absolute atomic E-state index is 12.7. The molecule has 2 saturated heterocycles. The molecule has 2 aliphatic heterocycles. The first-order chi connectivity index (χ1) is 20.5. The Hall–Kier alpha value is -2.64. The number of aromatic hydroxyl groups is 1. The smallest absolute Gasteiger partial charge is 0.255 e. The lowest BCUT2D eigenvalue weighted by Gasteiger charge is -2.44. The average Bonchev–Trinajstić information content (AvgIpc) is 2.99. The highest BCUT2D eigenvalue weighted by molar-refractivity contribution is 5.97. The highest BCUT2D eigenvalue weighted by Gasteiger charge is 2.49. The minimum atomic E-state index is -1.77. The van der Waals surface area contributed by atoms with Crippen molar-refractivity contribution in [2.24, 2.45) is 5.92 Å². The molecular formula is C27H44N4O12. The van der Waals surface area contributed by atoms with Gasteiger partial charge in [-0.05, 0) is 38.1 Å². The van der Waals surface area contributed by atoms with E-state index in [1.54, 1.807) is 0 Å². The number of nitrogens with two attached hydrogens (primary N) is 1. The molecule has 16 nitrogen and oxygen atoms in total. The molecule has 244 valence electrons. The number of phenolic OH excluding ortho intramolecular Hbond substituents is 1. The van der Waals surface area contributed by atoms with Gasteiger partial charge in [0.2, 0.25) is 0 Å². The topological polar surface area (TPSA) is 266 Å². The summed E-state index contributed by atoms with van der Waals surface area (Å²) >= 11 is 0. The Labute approximate surface area is 248 Å². The second-order valence-corrected chi connectivity index (χ2v) is 10.7. The Balaban J connectivity index is 1.40. The molecule has 0 radical (unpaired) electrons. The Morgan fingerprint density at radius 3 is 2.26 bits per heavy atom. The summed E-state index contributed by atoms with van der Waals surface area (Å²) in [6.07, 6.45) is -9.36. The Morgan fingerprint density at radius 1 is 0.930 bits per heavy atom. The molecule has 1 aromatic carbocycles. The van der Waals surface area contributed by atoms with Gasteiger partial charge in [-0.1, -0.05) is 12.8 Å². The van der Waals surface area contributed by atoms with Crippen LogP contribution in [0, 0.1) is 5.92 Å². The van der Waals surface area contributed by atoms with Gasteiger partial charge in [-0.15, -0.1) is 0 Å². The highest BCUT2D eigenvalue weighted by atomic mass is 16.7. The number of phenols is 1. The van der Waals surface area contributed by atoms with Crippen molar-refractivity contribution in [2.45, 2.75) is 80.9 Å². The monoisotopic (exact) mass is 616 g/mol. The summed E-state index contributed by atoms with van der Waals surface area (Å²) in [5.74, 6) is -2.15. The average molecular weight is 617 g/mol. The van der Waals surface area contributed by atoms with Gasteiger partial charge in [0.05, 0.1) is 30.9 Å². The summed E-state index contributed by atoms with van der Waals surface area (Å²) in [6, 6.07) is 3.43. The molecule has 3 rings (SSSR count). The molecule has 0 aromatic heterocycles. The van der Waals surface area contributed by atoms with Gasteiger partial charge in [0.15, 0.2) is 18.7 Å². The number of nitrogen functional groups attached to an aromatic ring is 1. The number of aliphatic hydroxyl groups is 6. The molecule has 0 bridgehead atoms. The highest BCUT2D eigenvalue weighted by Crippen LogP contribution is 2.28. The van der Waals surface area contributed by atoms with Gasteiger partial charge in [0.1, 0.15) is 30.2 Å².